The van der Waals surface area contributed by atoms with Gasteiger partial charge in [-0.3, -0.25) is 0 Å². The number of thioether (sulfide) groups is 1. The van der Waals surface area contributed by atoms with Gasteiger partial charge in [0.1, 0.15) is 41.8 Å². The van der Waals surface area contributed by atoms with E-state index in [1.54, 1.807) is 11.6 Å². The summed E-state index contributed by atoms with van der Waals surface area (Å²) >= 11 is 1.38. The van der Waals surface area contributed by atoms with E-state index in [2.05, 4.69) is 10.3 Å². The molecule has 0 amide bonds. The molecular formula is C19H27N3O5S. The first-order chi connectivity index (χ1) is 13.3. The maximum atomic E-state index is 10.1. The molecule has 2 heterocycles. The molecule has 1 aromatic carbocycles. The Kier molecular flexibility index (Phi) is 6.95. The highest BCUT2D eigenvalue weighted by Crippen LogP contribution is 2.30. The Labute approximate surface area is 168 Å². The Bertz CT molecular complexity index is 754. The van der Waals surface area contributed by atoms with Crippen LogP contribution in [0.3, 0.4) is 0 Å². The van der Waals surface area contributed by atoms with Gasteiger partial charge < -0.3 is 24.8 Å². The lowest BCUT2D eigenvalue weighted by Crippen LogP contribution is -2.55. The monoisotopic (exact) mass is 409 g/mol. The number of rotatable bonds is 7. The van der Waals surface area contributed by atoms with Crippen molar-refractivity contribution in [2.75, 3.05) is 0 Å². The smallest absolute Gasteiger partial charge is 0.134 e. The lowest BCUT2D eigenvalue weighted by molar-refractivity contribution is -0.192. The zero-order valence-corrected chi connectivity index (χ0v) is 17.0. The first-order valence-electron chi connectivity index (χ1n) is 9.29. The van der Waals surface area contributed by atoms with Crippen LogP contribution in [-0.4, -0.2) is 60.2 Å². The van der Waals surface area contributed by atoms with Crippen molar-refractivity contribution in [1.29, 1.82) is 0 Å². The van der Waals surface area contributed by atoms with E-state index in [9.17, 15) is 15.3 Å². The maximum Gasteiger partial charge on any atom is 0.134 e. The molecule has 8 nitrogen and oxygen atoms in total. The second-order valence-corrected chi connectivity index (χ2v) is 8.30. The molecule has 2 aromatic rings. The number of benzene rings is 1. The molecule has 1 saturated heterocycles. The van der Waals surface area contributed by atoms with Crippen LogP contribution in [0.1, 0.15) is 38.1 Å². The Hall–Kier alpha value is -1.65. The van der Waals surface area contributed by atoms with E-state index < -0.39 is 29.9 Å². The first-order valence-corrected chi connectivity index (χ1v) is 10.3. The SMILES string of the molecule is CC1O[C@@H](SCc2ccc(OCc3cn(C(C)C)nn3)cc2)C(O)[C@@H](O)[C@@H]1O. The van der Waals surface area contributed by atoms with Gasteiger partial charge in [0.25, 0.3) is 0 Å². The molecule has 1 aliphatic heterocycles. The standard InChI is InChI=1S/C19H27N3O5S/c1-11(2)22-8-14(20-21-22)9-26-15-6-4-13(5-7-15)10-28-19-18(25)17(24)16(23)12(3)27-19/h4-8,11-12,16-19,23-25H,9-10H2,1-3H3/t12?,16-,17+,18?,19+/m1/s1. The van der Waals surface area contributed by atoms with Gasteiger partial charge in [-0.1, -0.05) is 17.3 Å². The molecule has 1 aliphatic rings. The maximum absolute atomic E-state index is 10.1. The van der Waals surface area contributed by atoms with E-state index in [4.69, 9.17) is 9.47 Å². The molecule has 0 aliphatic carbocycles. The largest absolute Gasteiger partial charge is 0.487 e. The predicted molar refractivity (Wildman–Crippen MR) is 105 cm³/mol. The molecule has 0 saturated carbocycles. The van der Waals surface area contributed by atoms with Gasteiger partial charge in [-0.2, -0.15) is 0 Å². The van der Waals surface area contributed by atoms with E-state index in [0.29, 0.717) is 12.4 Å². The number of ether oxygens (including phenoxy) is 2. The van der Waals surface area contributed by atoms with Crippen molar-refractivity contribution in [2.24, 2.45) is 0 Å². The molecule has 0 bridgehead atoms. The minimum Gasteiger partial charge on any atom is -0.487 e. The van der Waals surface area contributed by atoms with Gasteiger partial charge >= 0.3 is 0 Å². The van der Waals surface area contributed by atoms with Crippen LogP contribution in [0, 0.1) is 0 Å². The average Bonchev–Trinajstić information content (AvgIpc) is 3.17. The molecule has 154 valence electrons. The van der Waals surface area contributed by atoms with Gasteiger partial charge in [-0.15, -0.1) is 16.9 Å². The molecule has 0 radical (unpaired) electrons. The number of aliphatic hydroxyl groups excluding tert-OH is 3. The zero-order valence-electron chi connectivity index (χ0n) is 16.2. The van der Waals surface area contributed by atoms with Crippen LogP contribution in [-0.2, 0) is 17.1 Å². The molecule has 3 N–H and O–H groups in total. The number of aromatic nitrogens is 3. The van der Waals surface area contributed by atoms with Gasteiger partial charge in [-0.05, 0) is 38.5 Å². The van der Waals surface area contributed by atoms with Crippen molar-refractivity contribution in [2.45, 2.75) is 69.0 Å². The molecule has 2 unspecified atom stereocenters. The lowest BCUT2D eigenvalue weighted by atomic mass is 10.0. The second-order valence-electron chi connectivity index (χ2n) is 7.21. The van der Waals surface area contributed by atoms with Crippen molar-refractivity contribution < 1.29 is 24.8 Å². The third-order valence-electron chi connectivity index (χ3n) is 4.62. The van der Waals surface area contributed by atoms with Crippen molar-refractivity contribution >= 4 is 11.8 Å². The fourth-order valence-electron chi connectivity index (χ4n) is 2.80. The van der Waals surface area contributed by atoms with Crippen LogP contribution in [0.2, 0.25) is 0 Å². The van der Waals surface area contributed by atoms with E-state index >= 15 is 0 Å². The molecular weight excluding hydrogens is 382 g/mol. The molecule has 1 fully saturated rings. The van der Waals surface area contributed by atoms with Crippen molar-refractivity contribution in [3.63, 3.8) is 0 Å². The normalized spacial score (nSPS) is 27.9. The molecule has 5 atom stereocenters. The van der Waals surface area contributed by atoms with Crippen LogP contribution < -0.4 is 4.74 Å². The second kappa shape index (κ2) is 9.23. The highest BCUT2D eigenvalue weighted by molar-refractivity contribution is 7.99. The summed E-state index contributed by atoms with van der Waals surface area (Å²) in [6.07, 6.45) is -2.06. The minimum absolute atomic E-state index is 0.261. The Morgan fingerprint density at radius 2 is 1.86 bits per heavy atom. The summed E-state index contributed by atoms with van der Waals surface area (Å²) in [4.78, 5) is 0. The Morgan fingerprint density at radius 3 is 2.50 bits per heavy atom. The fourth-order valence-corrected chi connectivity index (χ4v) is 3.96. The van der Waals surface area contributed by atoms with Crippen LogP contribution in [0.25, 0.3) is 0 Å². The fraction of sp³-hybridized carbons (Fsp3) is 0.579. The molecule has 1 aromatic heterocycles. The number of nitrogens with zero attached hydrogens (tertiary/aromatic N) is 3. The van der Waals surface area contributed by atoms with Gasteiger partial charge in [-0.25, -0.2) is 4.68 Å². The van der Waals surface area contributed by atoms with Crippen molar-refractivity contribution in [3.8, 4) is 5.75 Å². The highest BCUT2D eigenvalue weighted by Gasteiger charge is 2.41. The van der Waals surface area contributed by atoms with Crippen LogP contribution in [0.5, 0.6) is 5.75 Å². The summed E-state index contributed by atoms with van der Waals surface area (Å²) in [6.45, 7) is 6.11. The number of hydrogen-bond donors (Lipinski definition) is 3. The van der Waals surface area contributed by atoms with Gasteiger partial charge in [0.05, 0.1) is 12.3 Å². The summed E-state index contributed by atoms with van der Waals surface area (Å²) in [7, 11) is 0. The van der Waals surface area contributed by atoms with Gasteiger partial charge in [0.2, 0.25) is 0 Å². The summed E-state index contributed by atoms with van der Waals surface area (Å²) in [5.74, 6) is 1.33. The van der Waals surface area contributed by atoms with Crippen molar-refractivity contribution in [3.05, 3.63) is 41.7 Å². The van der Waals surface area contributed by atoms with E-state index in [0.717, 1.165) is 17.0 Å². The third-order valence-corrected chi connectivity index (χ3v) is 5.84. The molecule has 0 spiro atoms. The lowest BCUT2D eigenvalue weighted by Gasteiger charge is -2.39. The highest BCUT2D eigenvalue weighted by atomic mass is 32.2. The predicted octanol–water partition coefficient (Wildman–Crippen LogP) is 1.50. The van der Waals surface area contributed by atoms with Gasteiger partial charge in [0, 0.05) is 11.8 Å². The van der Waals surface area contributed by atoms with E-state index in [1.807, 2.05) is 44.3 Å². The first kappa shape index (κ1) is 21.1. The Balaban J connectivity index is 1.49. The van der Waals surface area contributed by atoms with Crippen LogP contribution in [0.4, 0.5) is 0 Å². The zero-order chi connectivity index (χ0) is 20.3. The minimum atomic E-state index is -1.20. The number of hydrogen-bond acceptors (Lipinski definition) is 8. The molecule has 9 heteroatoms. The molecule has 3 rings (SSSR count). The van der Waals surface area contributed by atoms with Crippen molar-refractivity contribution in [1.82, 2.24) is 15.0 Å². The van der Waals surface area contributed by atoms with Crippen LogP contribution >= 0.6 is 11.8 Å². The van der Waals surface area contributed by atoms with Crippen LogP contribution in [0.15, 0.2) is 30.5 Å². The summed E-state index contributed by atoms with van der Waals surface area (Å²) in [6, 6.07) is 7.90. The summed E-state index contributed by atoms with van der Waals surface area (Å²) in [5, 5.41) is 37.8. The quantitative estimate of drug-likeness (QED) is 0.631. The van der Waals surface area contributed by atoms with Gasteiger partial charge in [0.15, 0.2) is 0 Å². The summed E-state index contributed by atoms with van der Waals surface area (Å²) < 4.78 is 13.1. The third kappa shape index (κ3) is 5.03. The summed E-state index contributed by atoms with van der Waals surface area (Å²) in [5.41, 5.74) is 1.21. The average molecular weight is 410 g/mol. The van der Waals surface area contributed by atoms with E-state index in [1.165, 1.54) is 11.8 Å². The topological polar surface area (TPSA) is 110 Å². The Morgan fingerprint density at radius 1 is 1.14 bits per heavy atom. The molecule has 28 heavy (non-hydrogen) atoms. The number of aliphatic hydroxyl groups is 3. The van der Waals surface area contributed by atoms with E-state index in [-0.39, 0.29) is 6.04 Å².